The molecule has 0 radical (unpaired) electrons. The van der Waals surface area contributed by atoms with Crippen molar-refractivity contribution in [1.29, 1.82) is 0 Å². The first kappa shape index (κ1) is 22.3. The second-order valence-electron chi connectivity index (χ2n) is 8.39. The largest absolute Gasteiger partial charge is 0.388 e. The highest BCUT2D eigenvalue weighted by molar-refractivity contribution is 6.00. The van der Waals surface area contributed by atoms with Crippen molar-refractivity contribution in [3.63, 3.8) is 0 Å². The van der Waals surface area contributed by atoms with Crippen LogP contribution in [-0.4, -0.2) is 75.8 Å². The van der Waals surface area contributed by atoms with Gasteiger partial charge in [0.05, 0.1) is 44.2 Å². The van der Waals surface area contributed by atoms with Gasteiger partial charge in [0.2, 0.25) is 0 Å². The van der Waals surface area contributed by atoms with Gasteiger partial charge < -0.3 is 35.1 Å². The van der Waals surface area contributed by atoms with Crippen LogP contribution < -0.4 is 21.5 Å². The molecular weight excluding hydrogens is 442 g/mol. The summed E-state index contributed by atoms with van der Waals surface area (Å²) in [6.45, 7) is 1.64. The summed E-state index contributed by atoms with van der Waals surface area (Å²) in [4.78, 5) is 30.6. The lowest BCUT2D eigenvalue weighted by Gasteiger charge is -2.24. The standard InChI is InChI=1S/C22H27N7O5/c1-23-19-8-18(25-15-5-2-6-28(22(15)32)13-4-3-7-33-10-13)27-20-14(9-24-29(19)20)21(31)26-16-11-34-12-17(16)30/h2,5-6,8-9,13,16-17,23,30H,3-4,7,10-12H2,1H3,(H,25,27)(H,26,31)/t13-,16-,17+/m0/s1. The molecule has 5 rings (SSSR count). The highest BCUT2D eigenvalue weighted by Crippen LogP contribution is 2.22. The van der Waals surface area contributed by atoms with Crippen LogP contribution in [-0.2, 0) is 9.47 Å². The summed E-state index contributed by atoms with van der Waals surface area (Å²) < 4.78 is 13.9. The molecule has 3 aromatic rings. The Kier molecular flexibility index (Phi) is 6.18. The van der Waals surface area contributed by atoms with E-state index >= 15 is 0 Å². The smallest absolute Gasteiger partial charge is 0.274 e. The summed E-state index contributed by atoms with van der Waals surface area (Å²) >= 11 is 0. The zero-order valence-corrected chi connectivity index (χ0v) is 18.7. The number of carbonyl (C=O) groups excluding carboxylic acids is 1. The molecule has 34 heavy (non-hydrogen) atoms. The Hall–Kier alpha value is -3.48. The van der Waals surface area contributed by atoms with Gasteiger partial charge in [0.15, 0.2) is 5.65 Å². The van der Waals surface area contributed by atoms with Gasteiger partial charge in [-0.15, -0.1) is 0 Å². The predicted octanol–water partition coefficient (Wildman–Crippen LogP) is 0.517. The number of rotatable bonds is 6. The van der Waals surface area contributed by atoms with Crippen LogP contribution in [0.5, 0.6) is 0 Å². The Morgan fingerprint density at radius 2 is 2.15 bits per heavy atom. The zero-order valence-electron chi connectivity index (χ0n) is 18.7. The van der Waals surface area contributed by atoms with Crippen LogP contribution in [0.3, 0.4) is 0 Å². The van der Waals surface area contributed by atoms with Crippen molar-refractivity contribution < 1.29 is 19.4 Å². The highest BCUT2D eigenvalue weighted by Gasteiger charge is 2.29. The lowest BCUT2D eigenvalue weighted by Crippen LogP contribution is -2.42. The number of aromatic nitrogens is 4. The highest BCUT2D eigenvalue weighted by atomic mass is 16.5. The third-order valence-corrected chi connectivity index (χ3v) is 6.11. The molecule has 0 saturated carbocycles. The van der Waals surface area contributed by atoms with Gasteiger partial charge >= 0.3 is 0 Å². The van der Waals surface area contributed by atoms with Crippen molar-refractivity contribution in [3.8, 4) is 0 Å². The lowest BCUT2D eigenvalue weighted by molar-refractivity contribution is 0.0581. The molecule has 3 atom stereocenters. The molecule has 2 fully saturated rings. The van der Waals surface area contributed by atoms with Gasteiger partial charge in [-0.2, -0.15) is 9.61 Å². The second kappa shape index (κ2) is 9.41. The van der Waals surface area contributed by atoms with Crippen molar-refractivity contribution in [1.82, 2.24) is 24.5 Å². The average molecular weight is 470 g/mol. The van der Waals surface area contributed by atoms with Gasteiger partial charge in [0.1, 0.15) is 22.9 Å². The topological polar surface area (TPSA) is 144 Å². The summed E-state index contributed by atoms with van der Waals surface area (Å²) in [5.41, 5.74) is 0.734. The van der Waals surface area contributed by atoms with E-state index in [-0.39, 0.29) is 30.4 Å². The minimum Gasteiger partial charge on any atom is -0.388 e. The third-order valence-electron chi connectivity index (χ3n) is 6.11. The van der Waals surface area contributed by atoms with Crippen LogP contribution in [0.15, 0.2) is 35.4 Å². The Labute approximate surface area is 194 Å². The van der Waals surface area contributed by atoms with E-state index < -0.39 is 18.1 Å². The van der Waals surface area contributed by atoms with Gasteiger partial charge in [-0.05, 0) is 25.0 Å². The van der Waals surface area contributed by atoms with E-state index in [4.69, 9.17) is 9.47 Å². The number of hydrogen-bond donors (Lipinski definition) is 4. The maximum Gasteiger partial charge on any atom is 0.274 e. The van der Waals surface area contributed by atoms with Gasteiger partial charge in [-0.25, -0.2) is 4.98 Å². The van der Waals surface area contributed by atoms with Crippen LogP contribution in [0.1, 0.15) is 29.2 Å². The Balaban J connectivity index is 1.46. The maximum absolute atomic E-state index is 13.1. The molecule has 4 N–H and O–H groups in total. The molecule has 0 bridgehead atoms. The van der Waals surface area contributed by atoms with Gasteiger partial charge in [0, 0.05) is 25.9 Å². The zero-order chi connectivity index (χ0) is 23.7. The van der Waals surface area contributed by atoms with Crippen LogP contribution in [0.2, 0.25) is 0 Å². The van der Waals surface area contributed by atoms with E-state index in [9.17, 15) is 14.7 Å². The monoisotopic (exact) mass is 469 g/mol. The minimum atomic E-state index is -0.765. The fraction of sp³-hybridized carbons (Fsp3) is 0.455. The first-order valence-corrected chi connectivity index (χ1v) is 11.2. The molecule has 0 unspecified atom stereocenters. The second-order valence-corrected chi connectivity index (χ2v) is 8.39. The first-order valence-electron chi connectivity index (χ1n) is 11.2. The van der Waals surface area contributed by atoms with Gasteiger partial charge in [-0.3, -0.25) is 9.59 Å². The number of aliphatic hydroxyl groups excluding tert-OH is 1. The van der Waals surface area contributed by atoms with E-state index in [1.807, 2.05) is 6.07 Å². The van der Waals surface area contributed by atoms with E-state index in [1.54, 1.807) is 29.9 Å². The number of aliphatic hydroxyl groups is 1. The molecule has 1 amide bonds. The molecule has 0 aliphatic carbocycles. The number of nitrogens with zero attached hydrogens (tertiary/aromatic N) is 4. The fourth-order valence-corrected chi connectivity index (χ4v) is 4.27. The number of ether oxygens (including phenoxy) is 2. The predicted molar refractivity (Wildman–Crippen MR) is 124 cm³/mol. The number of carbonyl (C=O) groups is 1. The van der Waals surface area contributed by atoms with Crippen LogP contribution in [0, 0.1) is 0 Å². The third kappa shape index (κ3) is 4.22. The first-order chi connectivity index (χ1) is 16.5. The molecular formula is C22H27N7O5. The van der Waals surface area contributed by atoms with Crippen molar-refractivity contribution in [2.24, 2.45) is 0 Å². The van der Waals surface area contributed by atoms with Crippen molar-refractivity contribution in [3.05, 3.63) is 46.5 Å². The summed E-state index contributed by atoms with van der Waals surface area (Å²) in [6.07, 6.45) is 4.21. The SMILES string of the molecule is CNc1cc(Nc2cccn([C@H]3CCCOC3)c2=O)nc2c(C(=O)N[C@H]3COC[C@H]3O)cnn12. The molecule has 3 aromatic heterocycles. The number of anilines is 3. The molecule has 2 saturated heterocycles. The Morgan fingerprint density at radius 1 is 1.26 bits per heavy atom. The van der Waals surface area contributed by atoms with E-state index in [0.29, 0.717) is 36.2 Å². The maximum atomic E-state index is 13.1. The summed E-state index contributed by atoms with van der Waals surface area (Å²) in [6, 6.07) is 4.70. The van der Waals surface area contributed by atoms with Crippen LogP contribution >= 0.6 is 0 Å². The van der Waals surface area contributed by atoms with Crippen LogP contribution in [0.4, 0.5) is 17.3 Å². The number of hydrogen-bond acceptors (Lipinski definition) is 9. The number of pyridine rings is 1. The summed E-state index contributed by atoms with van der Waals surface area (Å²) in [7, 11) is 1.73. The molecule has 12 heteroatoms. The molecule has 0 spiro atoms. The number of fused-ring (bicyclic) bond motifs is 1. The van der Waals surface area contributed by atoms with E-state index in [0.717, 1.165) is 12.8 Å². The summed E-state index contributed by atoms with van der Waals surface area (Å²) in [5.74, 6) is 0.536. The minimum absolute atomic E-state index is 0.00801. The average Bonchev–Trinajstić information content (AvgIpc) is 3.46. The quantitative estimate of drug-likeness (QED) is 0.406. The van der Waals surface area contributed by atoms with Crippen molar-refractivity contribution in [2.75, 3.05) is 44.1 Å². The lowest BCUT2D eigenvalue weighted by atomic mass is 10.1. The van der Waals surface area contributed by atoms with Gasteiger partial charge in [-0.1, -0.05) is 0 Å². The number of amides is 1. The molecule has 12 nitrogen and oxygen atoms in total. The summed E-state index contributed by atoms with van der Waals surface area (Å²) in [5, 5.41) is 23.1. The van der Waals surface area contributed by atoms with E-state index in [2.05, 4.69) is 26.0 Å². The van der Waals surface area contributed by atoms with Crippen molar-refractivity contribution in [2.45, 2.75) is 31.0 Å². The Bertz CT molecular complexity index is 1250. The fourth-order valence-electron chi connectivity index (χ4n) is 4.27. The molecule has 2 aliphatic heterocycles. The van der Waals surface area contributed by atoms with Gasteiger partial charge in [0.25, 0.3) is 11.5 Å². The molecule has 5 heterocycles. The number of nitrogens with one attached hydrogen (secondary N) is 3. The molecule has 180 valence electrons. The van der Waals surface area contributed by atoms with Crippen molar-refractivity contribution >= 4 is 28.9 Å². The normalized spacial score (nSPS) is 22.6. The van der Waals surface area contributed by atoms with Crippen LogP contribution in [0.25, 0.3) is 5.65 Å². The molecule has 0 aromatic carbocycles. The van der Waals surface area contributed by atoms with E-state index in [1.165, 1.54) is 10.7 Å². The molecule has 2 aliphatic rings. The Morgan fingerprint density at radius 3 is 2.88 bits per heavy atom.